The summed E-state index contributed by atoms with van der Waals surface area (Å²) in [5.41, 5.74) is 0.488. The zero-order valence-electron chi connectivity index (χ0n) is 7.86. The Bertz CT molecular complexity index is 286. The van der Waals surface area contributed by atoms with Crippen LogP contribution in [0.4, 0.5) is 4.39 Å². The van der Waals surface area contributed by atoms with Gasteiger partial charge in [-0.05, 0) is 13.3 Å². The van der Waals surface area contributed by atoms with Crippen molar-refractivity contribution in [2.45, 2.75) is 19.8 Å². The predicted molar refractivity (Wildman–Crippen MR) is 48.2 cm³/mol. The first-order valence-corrected chi connectivity index (χ1v) is 4.36. The lowest BCUT2D eigenvalue weighted by Crippen LogP contribution is -2.16. The second-order valence-electron chi connectivity index (χ2n) is 3.06. The van der Waals surface area contributed by atoms with Gasteiger partial charge in [0.15, 0.2) is 0 Å². The fourth-order valence-electron chi connectivity index (χ4n) is 1.15. The molecule has 0 aromatic heterocycles. The first-order valence-electron chi connectivity index (χ1n) is 4.36. The van der Waals surface area contributed by atoms with E-state index in [1.807, 2.05) is 0 Å². The van der Waals surface area contributed by atoms with Crippen molar-refractivity contribution in [2.75, 3.05) is 6.61 Å². The van der Waals surface area contributed by atoms with Gasteiger partial charge in [-0.1, -0.05) is 11.2 Å². The Balaban J connectivity index is 2.51. The molecule has 0 bridgehead atoms. The van der Waals surface area contributed by atoms with Gasteiger partial charge in [-0.2, -0.15) is 0 Å². The number of carbonyl (C=O) groups excluding carboxylic acids is 1. The lowest BCUT2D eigenvalue weighted by Gasteiger charge is -2.03. The molecule has 0 aromatic carbocycles. The molecule has 1 aliphatic rings. The molecule has 14 heavy (non-hydrogen) atoms. The van der Waals surface area contributed by atoms with Crippen LogP contribution in [0.25, 0.3) is 0 Å². The third kappa shape index (κ3) is 2.63. The fourth-order valence-corrected chi connectivity index (χ4v) is 1.15. The maximum Gasteiger partial charge on any atom is 0.344 e. The number of aliphatic hydroxyl groups excluding tert-OH is 1. The summed E-state index contributed by atoms with van der Waals surface area (Å²) < 4.78 is 13.1. The van der Waals surface area contributed by atoms with Crippen molar-refractivity contribution < 1.29 is 19.1 Å². The number of oxime groups is 1. The van der Waals surface area contributed by atoms with Gasteiger partial charge < -0.3 is 9.94 Å². The number of allylic oxidation sites excluding steroid dienone is 1. The largest absolute Gasteiger partial charge is 0.396 e. The SMILES string of the molecule is CC1=NOC(=O)C1C/C(F)=C/CCO. The van der Waals surface area contributed by atoms with Gasteiger partial charge in [-0.3, -0.25) is 0 Å². The highest BCUT2D eigenvalue weighted by Gasteiger charge is 2.30. The van der Waals surface area contributed by atoms with Crippen LogP contribution in [0.15, 0.2) is 17.1 Å². The zero-order chi connectivity index (χ0) is 10.6. The summed E-state index contributed by atoms with van der Waals surface area (Å²) >= 11 is 0. The quantitative estimate of drug-likeness (QED) is 0.694. The zero-order valence-corrected chi connectivity index (χ0v) is 7.86. The number of carbonyl (C=O) groups is 1. The van der Waals surface area contributed by atoms with Crippen LogP contribution in [0.3, 0.4) is 0 Å². The maximum atomic E-state index is 13.1. The molecule has 1 atom stereocenters. The van der Waals surface area contributed by atoms with Crippen LogP contribution in [0, 0.1) is 5.92 Å². The molecule has 5 heteroatoms. The highest BCUT2D eigenvalue weighted by molar-refractivity contribution is 6.03. The van der Waals surface area contributed by atoms with Crippen LogP contribution >= 0.6 is 0 Å². The molecule has 1 heterocycles. The molecule has 1 aliphatic heterocycles. The third-order valence-electron chi connectivity index (χ3n) is 1.96. The van der Waals surface area contributed by atoms with E-state index in [2.05, 4.69) is 9.99 Å². The first-order chi connectivity index (χ1) is 6.65. The lowest BCUT2D eigenvalue weighted by atomic mass is 10.0. The normalized spacial score (nSPS) is 22.2. The summed E-state index contributed by atoms with van der Waals surface area (Å²) in [7, 11) is 0. The highest BCUT2D eigenvalue weighted by atomic mass is 19.1. The minimum Gasteiger partial charge on any atom is -0.396 e. The highest BCUT2D eigenvalue weighted by Crippen LogP contribution is 2.21. The summed E-state index contributed by atoms with van der Waals surface area (Å²) in [5.74, 6) is -1.54. The van der Waals surface area contributed by atoms with Crippen molar-refractivity contribution in [3.8, 4) is 0 Å². The van der Waals surface area contributed by atoms with E-state index in [1.165, 1.54) is 6.08 Å². The molecule has 0 spiro atoms. The van der Waals surface area contributed by atoms with Crippen molar-refractivity contribution in [1.29, 1.82) is 0 Å². The molecule has 0 amide bonds. The molecule has 1 unspecified atom stereocenters. The van der Waals surface area contributed by atoms with Crippen LogP contribution in [0.1, 0.15) is 19.8 Å². The molecule has 0 fully saturated rings. The Kier molecular flexibility index (Phi) is 3.76. The molecule has 0 aliphatic carbocycles. The van der Waals surface area contributed by atoms with Crippen molar-refractivity contribution in [2.24, 2.45) is 11.1 Å². The van der Waals surface area contributed by atoms with Gasteiger partial charge in [0, 0.05) is 13.0 Å². The minimum atomic E-state index is -0.607. The lowest BCUT2D eigenvalue weighted by molar-refractivity contribution is -0.143. The summed E-state index contributed by atoms with van der Waals surface area (Å²) in [6, 6.07) is 0. The summed E-state index contributed by atoms with van der Waals surface area (Å²) in [6.45, 7) is 1.52. The molecule has 78 valence electrons. The monoisotopic (exact) mass is 201 g/mol. The van der Waals surface area contributed by atoms with Crippen molar-refractivity contribution in [1.82, 2.24) is 0 Å². The van der Waals surface area contributed by atoms with Crippen LogP contribution in [-0.4, -0.2) is 23.4 Å². The van der Waals surface area contributed by atoms with Crippen LogP contribution < -0.4 is 0 Å². The number of aliphatic hydroxyl groups is 1. The minimum absolute atomic E-state index is 0.0336. The van der Waals surface area contributed by atoms with Gasteiger partial charge >= 0.3 is 5.97 Å². The molecular weight excluding hydrogens is 189 g/mol. The molecule has 1 N–H and O–H groups in total. The van der Waals surface area contributed by atoms with Gasteiger partial charge in [0.2, 0.25) is 0 Å². The summed E-state index contributed by atoms with van der Waals surface area (Å²) in [4.78, 5) is 15.4. The standard InChI is InChI=1S/C9H12FNO3/c1-6-8(9(13)14-11-6)5-7(10)3-2-4-12/h3,8,12H,2,4-5H2,1H3/b7-3-. The molecule has 0 aromatic rings. The van der Waals surface area contributed by atoms with Gasteiger partial charge in [-0.15, -0.1) is 0 Å². The number of rotatable bonds is 4. The van der Waals surface area contributed by atoms with Crippen molar-refractivity contribution in [3.05, 3.63) is 11.9 Å². The Hall–Kier alpha value is -1.23. The number of nitrogens with zero attached hydrogens (tertiary/aromatic N) is 1. The number of hydrogen-bond acceptors (Lipinski definition) is 4. The Morgan fingerprint density at radius 2 is 2.50 bits per heavy atom. The van der Waals surface area contributed by atoms with E-state index in [0.717, 1.165) is 0 Å². The average molecular weight is 201 g/mol. The van der Waals surface area contributed by atoms with E-state index < -0.39 is 17.7 Å². The second kappa shape index (κ2) is 4.85. The fraction of sp³-hybridized carbons (Fsp3) is 0.556. The van der Waals surface area contributed by atoms with E-state index >= 15 is 0 Å². The molecule has 0 saturated carbocycles. The number of hydrogen-bond donors (Lipinski definition) is 1. The van der Waals surface area contributed by atoms with E-state index in [1.54, 1.807) is 6.92 Å². The van der Waals surface area contributed by atoms with Crippen LogP contribution in [0.5, 0.6) is 0 Å². The first kappa shape index (κ1) is 10.8. The summed E-state index contributed by atoms with van der Waals surface area (Å²) in [6.07, 6.45) is 1.48. The predicted octanol–water partition coefficient (Wildman–Crippen LogP) is 1.16. The maximum absolute atomic E-state index is 13.1. The van der Waals surface area contributed by atoms with E-state index in [4.69, 9.17) is 5.11 Å². The van der Waals surface area contributed by atoms with Gasteiger partial charge in [0.25, 0.3) is 0 Å². The van der Waals surface area contributed by atoms with Gasteiger partial charge in [0.1, 0.15) is 5.92 Å². The van der Waals surface area contributed by atoms with E-state index in [-0.39, 0.29) is 19.4 Å². The Labute approximate surface area is 81.0 Å². The second-order valence-corrected chi connectivity index (χ2v) is 3.06. The topological polar surface area (TPSA) is 58.9 Å². The van der Waals surface area contributed by atoms with Crippen LogP contribution in [0.2, 0.25) is 0 Å². The molecule has 0 radical (unpaired) electrons. The van der Waals surface area contributed by atoms with Crippen molar-refractivity contribution >= 4 is 11.7 Å². The smallest absolute Gasteiger partial charge is 0.344 e. The molecule has 4 nitrogen and oxygen atoms in total. The van der Waals surface area contributed by atoms with E-state index in [9.17, 15) is 9.18 Å². The van der Waals surface area contributed by atoms with Crippen LogP contribution in [-0.2, 0) is 9.63 Å². The third-order valence-corrected chi connectivity index (χ3v) is 1.96. The molecule has 1 rings (SSSR count). The average Bonchev–Trinajstić information content (AvgIpc) is 2.46. The Morgan fingerprint density at radius 1 is 1.79 bits per heavy atom. The van der Waals surface area contributed by atoms with Gasteiger partial charge in [0.05, 0.1) is 11.5 Å². The van der Waals surface area contributed by atoms with Gasteiger partial charge in [-0.25, -0.2) is 9.18 Å². The summed E-state index contributed by atoms with van der Waals surface area (Å²) in [5, 5.41) is 11.9. The van der Waals surface area contributed by atoms with E-state index in [0.29, 0.717) is 5.71 Å². The molecule has 0 saturated heterocycles. The molecular formula is C9H12FNO3. The number of halogens is 1. The Morgan fingerprint density at radius 3 is 3.00 bits per heavy atom. The van der Waals surface area contributed by atoms with Crippen molar-refractivity contribution in [3.63, 3.8) is 0 Å².